The second-order valence-corrected chi connectivity index (χ2v) is 4.04. The molecule has 0 saturated heterocycles. The van der Waals surface area contributed by atoms with Crippen molar-refractivity contribution >= 4 is 27.5 Å². The van der Waals surface area contributed by atoms with Crippen LogP contribution in [0.4, 0.5) is 0 Å². The monoisotopic (exact) mass is 263 g/mol. The molecule has 1 aromatic rings. The molecule has 2 N–H and O–H groups in total. The summed E-state index contributed by atoms with van der Waals surface area (Å²) in [4.78, 5) is 0. The average molecular weight is 265 g/mol. The summed E-state index contributed by atoms with van der Waals surface area (Å²) >= 11 is 9.07. The Balaban J connectivity index is 2.92. The molecule has 0 aliphatic rings. The molecule has 2 nitrogen and oxygen atoms in total. The van der Waals surface area contributed by atoms with Crippen LogP contribution in [-0.4, -0.2) is 18.7 Å². The Labute approximate surface area is 91.0 Å². The number of halogens is 2. The first-order valence-corrected chi connectivity index (χ1v) is 5.13. The SMILES string of the molecule is CNCCc1cc(Cl)cc(Br)c1O. The maximum Gasteiger partial charge on any atom is 0.133 e. The van der Waals surface area contributed by atoms with Crippen LogP contribution in [0.1, 0.15) is 5.56 Å². The molecule has 0 amide bonds. The van der Waals surface area contributed by atoms with E-state index in [0.29, 0.717) is 9.50 Å². The average Bonchev–Trinajstić information content (AvgIpc) is 2.09. The van der Waals surface area contributed by atoms with Gasteiger partial charge in [-0.2, -0.15) is 0 Å². The van der Waals surface area contributed by atoms with E-state index in [1.165, 1.54) is 0 Å². The van der Waals surface area contributed by atoms with Crippen molar-refractivity contribution in [1.82, 2.24) is 5.32 Å². The van der Waals surface area contributed by atoms with Gasteiger partial charge in [-0.05, 0) is 53.6 Å². The summed E-state index contributed by atoms with van der Waals surface area (Å²) in [6.07, 6.45) is 0.765. The molecule has 72 valence electrons. The van der Waals surface area contributed by atoms with Crippen molar-refractivity contribution in [2.24, 2.45) is 0 Å². The number of nitrogens with one attached hydrogen (secondary N) is 1. The van der Waals surface area contributed by atoms with Crippen LogP contribution in [0.5, 0.6) is 5.75 Å². The lowest BCUT2D eigenvalue weighted by Crippen LogP contribution is -2.10. The molecule has 1 aromatic carbocycles. The van der Waals surface area contributed by atoms with E-state index in [1.54, 1.807) is 12.1 Å². The van der Waals surface area contributed by atoms with Gasteiger partial charge in [-0.15, -0.1) is 0 Å². The zero-order chi connectivity index (χ0) is 9.84. The summed E-state index contributed by atoms with van der Waals surface area (Å²) in [7, 11) is 1.87. The molecular formula is C9H11BrClNO. The van der Waals surface area contributed by atoms with Gasteiger partial charge in [0.25, 0.3) is 0 Å². The Kier molecular flexibility index (Phi) is 4.03. The number of rotatable bonds is 3. The van der Waals surface area contributed by atoms with Crippen LogP contribution in [-0.2, 0) is 6.42 Å². The molecule has 0 radical (unpaired) electrons. The Morgan fingerprint density at radius 1 is 1.54 bits per heavy atom. The second-order valence-electron chi connectivity index (χ2n) is 2.75. The van der Waals surface area contributed by atoms with E-state index in [9.17, 15) is 5.11 Å². The molecule has 0 bridgehead atoms. The lowest BCUT2D eigenvalue weighted by molar-refractivity contribution is 0.464. The minimum Gasteiger partial charge on any atom is -0.506 e. The highest BCUT2D eigenvalue weighted by molar-refractivity contribution is 9.10. The number of hydrogen-bond acceptors (Lipinski definition) is 2. The van der Waals surface area contributed by atoms with Crippen molar-refractivity contribution in [3.05, 3.63) is 27.2 Å². The first-order valence-electron chi connectivity index (χ1n) is 3.96. The van der Waals surface area contributed by atoms with Gasteiger partial charge in [-0.3, -0.25) is 0 Å². The summed E-state index contributed by atoms with van der Waals surface area (Å²) in [5, 5.41) is 13.3. The normalized spacial score (nSPS) is 10.4. The Hall–Kier alpha value is -0.250. The fraction of sp³-hybridized carbons (Fsp3) is 0.333. The van der Waals surface area contributed by atoms with Gasteiger partial charge in [-0.25, -0.2) is 0 Å². The number of benzene rings is 1. The van der Waals surface area contributed by atoms with E-state index in [4.69, 9.17) is 11.6 Å². The van der Waals surface area contributed by atoms with Gasteiger partial charge in [0.2, 0.25) is 0 Å². The molecule has 0 aliphatic heterocycles. The molecule has 0 unspecified atom stereocenters. The van der Waals surface area contributed by atoms with Crippen molar-refractivity contribution in [3.63, 3.8) is 0 Å². The molecule has 0 saturated carbocycles. The summed E-state index contributed by atoms with van der Waals surface area (Å²) in [5.41, 5.74) is 0.855. The Bertz CT molecular complexity index is 304. The maximum absolute atomic E-state index is 9.62. The summed E-state index contributed by atoms with van der Waals surface area (Å²) in [5.74, 6) is 0.277. The van der Waals surface area contributed by atoms with Crippen LogP contribution < -0.4 is 5.32 Å². The molecule has 13 heavy (non-hydrogen) atoms. The summed E-state index contributed by atoms with van der Waals surface area (Å²) in [6, 6.07) is 3.46. The topological polar surface area (TPSA) is 32.3 Å². The van der Waals surface area contributed by atoms with Gasteiger partial charge in [0.05, 0.1) is 4.47 Å². The van der Waals surface area contributed by atoms with Gasteiger partial charge < -0.3 is 10.4 Å². The quantitative estimate of drug-likeness (QED) is 0.879. The fourth-order valence-electron chi connectivity index (χ4n) is 1.07. The highest BCUT2D eigenvalue weighted by Gasteiger charge is 2.06. The first-order chi connectivity index (χ1) is 6.15. The van der Waals surface area contributed by atoms with Crippen molar-refractivity contribution in [2.45, 2.75) is 6.42 Å². The molecule has 0 spiro atoms. The van der Waals surface area contributed by atoms with E-state index in [-0.39, 0.29) is 5.75 Å². The minimum atomic E-state index is 0.277. The molecular weight excluding hydrogens is 253 g/mol. The number of likely N-dealkylation sites (N-methyl/N-ethyl adjacent to an activating group) is 1. The van der Waals surface area contributed by atoms with E-state index in [0.717, 1.165) is 18.5 Å². The van der Waals surface area contributed by atoms with Crippen molar-refractivity contribution in [2.75, 3.05) is 13.6 Å². The molecule has 1 rings (SSSR count). The smallest absolute Gasteiger partial charge is 0.133 e. The van der Waals surface area contributed by atoms with Crippen LogP contribution in [0.2, 0.25) is 5.02 Å². The van der Waals surface area contributed by atoms with Crippen LogP contribution in [0.3, 0.4) is 0 Å². The molecule has 0 aliphatic carbocycles. The van der Waals surface area contributed by atoms with Crippen LogP contribution in [0.25, 0.3) is 0 Å². The molecule has 4 heteroatoms. The van der Waals surface area contributed by atoms with E-state index in [1.807, 2.05) is 7.05 Å². The van der Waals surface area contributed by atoms with Gasteiger partial charge in [-0.1, -0.05) is 11.6 Å². The maximum atomic E-state index is 9.62. The van der Waals surface area contributed by atoms with Crippen LogP contribution in [0.15, 0.2) is 16.6 Å². The zero-order valence-electron chi connectivity index (χ0n) is 7.27. The number of phenolic OH excluding ortho intramolecular Hbond substituents is 1. The van der Waals surface area contributed by atoms with Crippen molar-refractivity contribution in [1.29, 1.82) is 0 Å². The number of aromatic hydroxyl groups is 1. The van der Waals surface area contributed by atoms with Crippen molar-refractivity contribution < 1.29 is 5.11 Å². The van der Waals surface area contributed by atoms with E-state index < -0.39 is 0 Å². The van der Waals surface area contributed by atoms with Crippen molar-refractivity contribution in [3.8, 4) is 5.75 Å². The molecule has 0 fully saturated rings. The molecule has 0 atom stereocenters. The zero-order valence-corrected chi connectivity index (χ0v) is 9.61. The Morgan fingerprint density at radius 3 is 2.85 bits per heavy atom. The number of hydrogen-bond donors (Lipinski definition) is 2. The minimum absolute atomic E-state index is 0.277. The van der Waals surface area contributed by atoms with Gasteiger partial charge in [0, 0.05) is 5.02 Å². The third-order valence-corrected chi connectivity index (χ3v) is 2.57. The van der Waals surface area contributed by atoms with Crippen LogP contribution in [0, 0.1) is 0 Å². The predicted octanol–water partition coefficient (Wildman–Crippen LogP) is 2.57. The fourth-order valence-corrected chi connectivity index (χ4v) is 1.94. The largest absolute Gasteiger partial charge is 0.506 e. The standard InChI is InChI=1S/C9H11BrClNO/c1-12-3-2-6-4-7(11)5-8(10)9(6)13/h4-5,12-13H,2-3H2,1H3. The summed E-state index contributed by atoms with van der Waals surface area (Å²) < 4.78 is 0.645. The lowest BCUT2D eigenvalue weighted by atomic mass is 10.1. The number of phenols is 1. The summed E-state index contributed by atoms with van der Waals surface area (Å²) in [6.45, 7) is 0.820. The lowest BCUT2D eigenvalue weighted by Gasteiger charge is -2.06. The third-order valence-electron chi connectivity index (χ3n) is 1.75. The van der Waals surface area contributed by atoms with Gasteiger partial charge >= 0.3 is 0 Å². The van der Waals surface area contributed by atoms with Gasteiger partial charge in [0.15, 0.2) is 0 Å². The molecule has 0 aromatic heterocycles. The van der Waals surface area contributed by atoms with Crippen LogP contribution >= 0.6 is 27.5 Å². The highest BCUT2D eigenvalue weighted by atomic mass is 79.9. The highest BCUT2D eigenvalue weighted by Crippen LogP contribution is 2.31. The predicted molar refractivity (Wildman–Crippen MR) is 58.4 cm³/mol. The first kappa shape index (κ1) is 10.8. The second kappa shape index (κ2) is 4.84. The third kappa shape index (κ3) is 2.86. The van der Waals surface area contributed by atoms with E-state index >= 15 is 0 Å². The van der Waals surface area contributed by atoms with Gasteiger partial charge in [0.1, 0.15) is 5.75 Å². The van der Waals surface area contributed by atoms with E-state index in [2.05, 4.69) is 21.2 Å². The Morgan fingerprint density at radius 2 is 2.23 bits per heavy atom. The molecule has 0 heterocycles.